The topological polar surface area (TPSA) is 63.4 Å². The Bertz CT molecular complexity index is 548. The zero-order valence-electron chi connectivity index (χ0n) is 11.1. The van der Waals surface area contributed by atoms with E-state index in [1.54, 1.807) is 4.90 Å². The number of hydrogen-bond donors (Lipinski definition) is 1. The van der Waals surface area contributed by atoms with E-state index in [1.807, 2.05) is 6.92 Å². The smallest absolute Gasteiger partial charge is 0.227 e. The molecule has 1 heterocycles. The van der Waals surface area contributed by atoms with Gasteiger partial charge in [0.15, 0.2) is 11.6 Å². The highest BCUT2D eigenvalue weighted by Gasteiger charge is 2.35. The van der Waals surface area contributed by atoms with E-state index >= 15 is 0 Å². The van der Waals surface area contributed by atoms with E-state index in [1.165, 1.54) is 6.07 Å². The van der Waals surface area contributed by atoms with Gasteiger partial charge in [-0.05, 0) is 23.6 Å². The van der Waals surface area contributed by atoms with Crippen LogP contribution in [0.4, 0.5) is 8.78 Å². The third-order valence-corrected chi connectivity index (χ3v) is 3.67. The van der Waals surface area contributed by atoms with Crippen LogP contribution in [0, 0.1) is 23.5 Å². The van der Waals surface area contributed by atoms with Gasteiger partial charge >= 0.3 is 0 Å². The summed E-state index contributed by atoms with van der Waals surface area (Å²) >= 11 is 0. The Labute approximate surface area is 115 Å². The van der Waals surface area contributed by atoms with E-state index in [2.05, 4.69) is 0 Å². The molecule has 1 fully saturated rings. The van der Waals surface area contributed by atoms with Crippen LogP contribution < -0.4 is 5.73 Å². The van der Waals surface area contributed by atoms with Crippen LogP contribution in [-0.4, -0.2) is 29.8 Å². The second-order valence-corrected chi connectivity index (χ2v) is 5.21. The van der Waals surface area contributed by atoms with Crippen LogP contribution in [0.1, 0.15) is 12.5 Å². The van der Waals surface area contributed by atoms with E-state index in [0.29, 0.717) is 18.7 Å². The maximum atomic E-state index is 13.1. The summed E-state index contributed by atoms with van der Waals surface area (Å²) < 4.78 is 25.9. The number of carbonyl (C=O) groups is 2. The van der Waals surface area contributed by atoms with Crippen molar-refractivity contribution in [1.29, 1.82) is 0 Å². The molecule has 1 aromatic rings. The lowest BCUT2D eigenvalue weighted by molar-refractivity contribution is -0.129. The molecular formula is C14H16F2N2O2. The molecule has 2 rings (SSSR count). The lowest BCUT2D eigenvalue weighted by Gasteiger charge is -2.16. The monoisotopic (exact) mass is 282 g/mol. The quantitative estimate of drug-likeness (QED) is 0.902. The molecule has 0 bridgehead atoms. The van der Waals surface area contributed by atoms with E-state index in [9.17, 15) is 18.4 Å². The summed E-state index contributed by atoms with van der Waals surface area (Å²) in [6.45, 7) is 2.61. The van der Waals surface area contributed by atoms with Crippen molar-refractivity contribution in [3.8, 4) is 0 Å². The Morgan fingerprint density at radius 3 is 2.55 bits per heavy atom. The van der Waals surface area contributed by atoms with Gasteiger partial charge in [-0.25, -0.2) is 8.78 Å². The molecular weight excluding hydrogens is 266 g/mol. The van der Waals surface area contributed by atoms with Crippen LogP contribution in [0.25, 0.3) is 0 Å². The Hall–Kier alpha value is -1.98. The van der Waals surface area contributed by atoms with Crippen molar-refractivity contribution in [2.75, 3.05) is 13.1 Å². The Balaban J connectivity index is 2.02. The largest absolute Gasteiger partial charge is 0.369 e. The Kier molecular flexibility index (Phi) is 4.01. The molecule has 1 aromatic carbocycles. The molecule has 1 saturated heterocycles. The van der Waals surface area contributed by atoms with Gasteiger partial charge in [-0.1, -0.05) is 13.0 Å². The van der Waals surface area contributed by atoms with Crippen LogP contribution >= 0.6 is 0 Å². The third-order valence-electron chi connectivity index (χ3n) is 3.67. The zero-order chi connectivity index (χ0) is 14.9. The molecule has 0 saturated carbocycles. The summed E-state index contributed by atoms with van der Waals surface area (Å²) in [5, 5.41) is 0. The Morgan fingerprint density at radius 2 is 2.00 bits per heavy atom. The molecule has 0 unspecified atom stereocenters. The SMILES string of the molecule is C[C@@H]1CN(C(=O)Cc2ccc(F)c(F)c2)C[C@H]1C(N)=O. The van der Waals surface area contributed by atoms with Crippen LogP contribution in [0.5, 0.6) is 0 Å². The van der Waals surface area contributed by atoms with Gasteiger partial charge in [-0.2, -0.15) is 0 Å². The predicted molar refractivity (Wildman–Crippen MR) is 68.5 cm³/mol. The van der Waals surface area contributed by atoms with Crippen molar-refractivity contribution in [3.05, 3.63) is 35.4 Å². The second-order valence-electron chi connectivity index (χ2n) is 5.21. The van der Waals surface area contributed by atoms with Crippen molar-refractivity contribution in [3.63, 3.8) is 0 Å². The number of halogens is 2. The number of amides is 2. The molecule has 2 amide bonds. The summed E-state index contributed by atoms with van der Waals surface area (Å²) in [7, 11) is 0. The number of nitrogens with zero attached hydrogens (tertiary/aromatic N) is 1. The van der Waals surface area contributed by atoms with Gasteiger partial charge in [-0.15, -0.1) is 0 Å². The average Bonchev–Trinajstić information content (AvgIpc) is 2.76. The van der Waals surface area contributed by atoms with Gasteiger partial charge in [-0.3, -0.25) is 9.59 Å². The summed E-state index contributed by atoms with van der Waals surface area (Å²) in [5.41, 5.74) is 5.68. The highest BCUT2D eigenvalue weighted by atomic mass is 19.2. The number of benzene rings is 1. The first kappa shape index (κ1) is 14.4. The number of nitrogens with two attached hydrogens (primary N) is 1. The fourth-order valence-electron chi connectivity index (χ4n) is 2.48. The molecule has 0 spiro atoms. The van der Waals surface area contributed by atoms with E-state index < -0.39 is 17.5 Å². The van der Waals surface area contributed by atoms with Crippen LogP contribution in [0.15, 0.2) is 18.2 Å². The molecule has 2 N–H and O–H groups in total. The van der Waals surface area contributed by atoms with E-state index in [-0.39, 0.29) is 24.2 Å². The summed E-state index contributed by atoms with van der Waals surface area (Å²) in [6, 6.07) is 3.39. The summed E-state index contributed by atoms with van der Waals surface area (Å²) in [4.78, 5) is 24.8. The first-order valence-electron chi connectivity index (χ1n) is 6.39. The highest BCUT2D eigenvalue weighted by molar-refractivity contribution is 5.82. The van der Waals surface area contributed by atoms with E-state index in [4.69, 9.17) is 5.73 Å². The van der Waals surface area contributed by atoms with Gasteiger partial charge in [0.2, 0.25) is 11.8 Å². The van der Waals surface area contributed by atoms with E-state index in [0.717, 1.165) is 12.1 Å². The zero-order valence-corrected chi connectivity index (χ0v) is 11.1. The number of carbonyl (C=O) groups excluding carboxylic acids is 2. The normalized spacial score (nSPS) is 22.1. The summed E-state index contributed by atoms with van der Waals surface area (Å²) in [5.74, 6) is -2.87. The lowest BCUT2D eigenvalue weighted by Crippen LogP contribution is -2.32. The highest BCUT2D eigenvalue weighted by Crippen LogP contribution is 2.23. The molecule has 4 nitrogen and oxygen atoms in total. The molecule has 1 aliphatic heterocycles. The van der Waals surface area contributed by atoms with Crippen LogP contribution in [0.2, 0.25) is 0 Å². The first-order valence-corrected chi connectivity index (χ1v) is 6.39. The maximum Gasteiger partial charge on any atom is 0.227 e. The van der Waals surface area contributed by atoms with Gasteiger partial charge < -0.3 is 10.6 Å². The predicted octanol–water partition coefficient (Wildman–Crippen LogP) is 1.09. The third kappa shape index (κ3) is 2.95. The number of rotatable bonds is 3. The molecule has 108 valence electrons. The second kappa shape index (κ2) is 5.56. The average molecular weight is 282 g/mol. The van der Waals surface area contributed by atoms with Crippen molar-refractivity contribution in [2.45, 2.75) is 13.3 Å². The van der Waals surface area contributed by atoms with Crippen molar-refractivity contribution in [1.82, 2.24) is 4.90 Å². The fraction of sp³-hybridized carbons (Fsp3) is 0.429. The Morgan fingerprint density at radius 1 is 1.30 bits per heavy atom. The van der Waals surface area contributed by atoms with Gasteiger partial charge in [0.05, 0.1) is 12.3 Å². The van der Waals surface area contributed by atoms with Crippen molar-refractivity contribution < 1.29 is 18.4 Å². The molecule has 0 aliphatic carbocycles. The molecule has 0 radical (unpaired) electrons. The maximum absolute atomic E-state index is 13.1. The standard InChI is InChI=1S/C14H16F2N2O2/c1-8-6-18(7-10(8)14(17)20)13(19)5-9-2-3-11(15)12(16)4-9/h2-4,8,10H,5-7H2,1H3,(H2,17,20)/t8-,10-/m1/s1. The number of likely N-dealkylation sites (tertiary alicyclic amines) is 1. The van der Waals surface area contributed by atoms with Gasteiger partial charge in [0.25, 0.3) is 0 Å². The lowest BCUT2D eigenvalue weighted by atomic mass is 9.98. The van der Waals surface area contributed by atoms with Gasteiger partial charge in [0, 0.05) is 13.1 Å². The minimum Gasteiger partial charge on any atom is -0.369 e. The molecule has 2 atom stereocenters. The molecule has 20 heavy (non-hydrogen) atoms. The van der Waals surface area contributed by atoms with Crippen molar-refractivity contribution in [2.24, 2.45) is 17.6 Å². The molecule has 0 aromatic heterocycles. The van der Waals surface area contributed by atoms with Crippen LogP contribution in [-0.2, 0) is 16.0 Å². The number of primary amides is 1. The first-order chi connectivity index (χ1) is 9.38. The fourth-order valence-corrected chi connectivity index (χ4v) is 2.48. The summed E-state index contributed by atoms with van der Waals surface area (Å²) in [6.07, 6.45) is -0.0185. The van der Waals surface area contributed by atoms with Crippen molar-refractivity contribution >= 4 is 11.8 Å². The van der Waals surface area contributed by atoms with Gasteiger partial charge in [0.1, 0.15) is 0 Å². The minimum atomic E-state index is -0.972. The number of hydrogen-bond acceptors (Lipinski definition) is 2. The molecule has 6 heteroatoms. The van der Waals surface area contributed by atoms with Crippen LogP contribution in [0.3, 0.4) is 0 Å². The molecule has 1 aliphatic rings. The minimum absolute atomic E-state index is 0.0152.